The third-order valence-electron chi connectivity index (χ3n) is 5.99. The molecule has 0 unspecified atom stereocenters. The third-order valence-corrected chi connectivity index (χ3v) is 5.99. The molecular formula is C21H32N4O4. The molecule has 2 fully saturated rings. The molecule has 1 aliphatic carbocycles. The Morgan fingerprint density at radius 3 is 2.62 bits per heavy atom. The van der Waals surface area contributed by atoms with E-state index in [2.05, 4.69) is 15.5 Å². The van der Waals surface area contributed by atoms with Crippen molar-refractivity contribution in [3.05, 3.63) is 33.9 Å². The van der Waals surface area contributed by atoms with E-state index in [0.29, 0.717) is 24.4 Å². The molecule has 1 saturated carbocycles. The highest BCUT2D eigenvalue weighted by atomic mass is 16.6. The summed E-state index contributed by atoms with van der Waals surface area (Å²) in [6, 6.07) is 4.69. The van der Waals surface area contributed by atoms with E-state index < -0.39 is 4.92 Å². The molecule has 1 saturated heterocycles. The van der Waals surface area contributed by atoms with E-state index in [0.717, 1.165) is 31.8 Å². The molecule has 0 aromatic heterocycles. The van der Waals surface area contributed by atoms with Gasteiger partial charge < -0.3 is 20.3 Å². The summed E-state index contributed by atoms with van der Waals surface area (Å²) in [5.41, 5.74) is 0.617. The summed E-state index contributed by atoms with van der Waals surface area (Å²) in [5, 5.41) is 17.4. The summed E-state index contributed by atoms with van der Waals surface area (Å²) >= 11 is 0. The van der Waals surface area contributed by atoms with Crippen LogP contribution in [0.4, 0.5) is 11.4 Å². The summed E-state index contributed by atoms with van der Waals surface area (Å²) < 4.78 is 4.95. The molecule has 3 rings (SSSR count). The number of ether oxygens (including phenoxy) is 1. The van der Waals surface area contributed by atoms with Crippen LogP contribution in [0.1, 0.15) is 48.9 Å². The Balaban J connectivity index is 1.52. The van der Waals surface area contributed by atoms with Crippen LogP contribution >= 0.6 is 0 Å². The van der Waals surface area contributed by atoms with Crippen LogP contribution in [-0.2, 0) is 4.74 Å². The van der Waals surface area contributed by atoms with E-state index in [1.165, 1.54) is 38.3 Å². The van der Waals surface area contributed by atoms with Crippen LogP contribution in [0.3, 0.4) is 0 Å². The molecule has 0 bridgehead atoms. The van der Waals surface area contributed by atoms with Crippen LogP contribution in [0.2, 0.25) is 0 Å². The predicted octanol–water partition coefficient (Wildman–Crippen LogP) is 3.04. The Kier molecular flexibility index (Phi) is 7.83. The quantitative estimate of drug-likeness (QED) is 0.373. The second-order valence-electron chi connectivity index (χ2n) is 8.11. The fourth-order valence-electron chi connectivity index (χ4n) is 4.35. The number of hydrogen-bond acceptors (Lipinski definition) is 6. The number of nitrogens with one attached hydrogen (secondary N) is 2. The molecule has 1 aliphatic heterocycles. The minimum Gasteiger partial charge on any atom is -0.383 e. The van der Waals surface area contributed by atoms with Crippen molar-refractivity contribution in [1.82, 2.24) is 10.2 Å². The zero-order chi connectivity index (χ0) is 20.6. The first kappa shape index (κ1) is 21.5. The maximum absolute atomic E-state index is 12.6. The van der Waals surface area contributed by atoms with Gasteiger partial charge >= 0.3 is 0 Å². The summed E-state index contributed by atoms with van der Waals surface area (Å²) in [5.74, 6) is 0.600. The Labute approximate surface area is 172 Å². The molecule has 8 nitrogen and oxygen atoms in total. The average Bonchev–Trinajstić information content (AvgIpc) is 3.22. The van der Waals surface area contributed by atoms with Gasteiger partial charge in [0.05, 0.1) is 11.5 Å². The number of carbonyl (C=O) groups excluding carboxylic acids is 1. The molecule has 2 aliphatic rings. The number of likely N-dealkylation sites (tertiary alicyclic amines) is 1. The van der Waals surface area contributed by atoms with Gasteiger partial charge in [-0.3, -0.25) is 14.9 Å². The SMILES string of the molecule is COCCNc1ccc(C(=O)NC2CCN(CC3CCCC3)CC2)cc1[N+](=O)[O-]. The molecule has 0 radical (unpaired) electrons. The largest absolute Gasteiger partial charge is 0.383 e. The molecule has 29 heavy (non-hydrogen) atoms. The van der Waals surface area contributed by atoms with Gasteiger partial charge in [-0.15, -0.1) is 0 Å². The smallest absolute Gasteiger partial charge is 0.293 e. The van der Waals surface area contributed by atoms with Crippen LogP contribution < -0.4 is 10.6 Å². The lowest BCUT2D eigenvalue weighted by Gasteiger charge is -2.33. The highest BCUT2D eigenvalue weighted by Gasteiger charge is 2.25. The van der Waals surface area contributed by atoms with Crippen molar-refractivity contribution >= 4 is 17.3 Å². The fraction of sp³-hybridized carbons (Fsp3) is 0.667. The topological polar surface area (TPSA) is 96.7 Å². The van der Waals surface area contributed by atoms with Gasteiger partial charge in [-0.1, -0.05) is 12.8 Å². The summed E-state index contributed by atoms with van der Waals surface area (Å²) in [7, 11) is 1.57. The van der Waals surface area contributed by atoms with E-state index in [4.69, 9.17) is 4.74 Å². The summed E-state index contributed by atoms with van der Waals surface area (Å²) in [6.07, 6.45) is 7.29. The molecule has 2 N–H and O–H groups in total. The first-order chi connectivity index (χ1) is 14.1. The van der Waals surface area contributed by atoms with Gasteiger partial charge in [0, 0.05) is 51.0 Å². The first-order valence-electron chi connectivity index (χ1n) is 10.6. The minimum absolute atomic E-state index is 0.0971. The van der Waals surface area contributed by atoms with E-state index >= 15 is 0 Å². The van der Waals surface area contributed by atoms with Crippen molar-refractivity contribution in [1.29, 1.82) is 0 Å². The normalized spacial score (nSPS) is 18.7. The molecule has 1 aromatic carbocycles. The number of methoxy groups -OCH3 is 1. The molecule has 1 heterocycles. The molecule has 1 amide bonds. The minimum atomic E-state index is -0.465. The maximum atomic E-state index is 12.6. The van der Waals surface area contributed by atoms with Gasteiger partial charge in [0.2, 0.25) is 0 Å². The number of rotatable bonds is 9. The van der Waals surface area contributed by atoms with Crippen molar-refractivity contribution in [3.63, 3.8) is 0 Å². The van der Waals surface area contributed by atoms with Crippen molar-refractivity contribution < 1.29 is 14.5 Å². The van der Waals surface area contributed by atoms with Crippen LogP contribution in [0.5, 0.6) is 0 Å². The predicted molar refractivity (Wildman–Crippen MR) is 112 cm³/mol. The van der Waals surface area contributed by atoms with Crippen molar-refractivity contribution in [2.24, 2.45) is 5.92 Å². The van der Waals surface area contributed by atoms with Crippen LogP contribution in [0.15, 0.2) is 18.2 Å². The Morgan fingerprint density at radius 1 is 1.24 bits per heavy atom. The fourth-order valence-corrected chi connectivity index (χ4v) is 4.35. The van der Waals surface area contributed by atoms with Gasteiger partial charge in [0.15, 0.2) is 0 Å². The van der Waals surface area contributed by atoms with Gasteiger partial charge in [-0.25, -0.2) is 0 Å². The van der Waals surface area contributed by atoms with E-state index in [9.17, 15) is 14.9 Å². The van der Waals surface area contributed by atoms with E-state index in [-0.39, 0.29) is 17.6 Å². The average molecular weight is 405 g/mol. The summed E-state index contributed by atoms with van der Waals surface area (Å²) in [6.45, 7) is 4.10. The second kappa shape index (κ2) is 10.5. The van der Waals surface area contributed by atoms with Crippen LogP contribution in [0, 0.1) is 16.0 Å². The van der Waals surface area contributed by atoms with Gasteiger partial charge in [-0.05, 0) is 43.7 Å². The number of nitro benzene ring substituents is 1. The van der Waals surface area contributed by atoms with Gasteiger partial charge in [0.1, 0.15) is 5.69 Å². The number of nitrogens with zero attached hydrogens (tertiary/aromatic N) is 2. The first-order valence-corrected chi connectivity index (χ1v) is 10.6. The van der Waals surface area contributed by atoms with Crippen molar-refractivity contribution in [2.75, 3.05) is 45.2 Å². The molecule has 1 aromatic rings. The number of piperidine rings is 1. The number of anilines is 1. The number of nitro groups is 1. The lowest BCUT2D eigenvalue weighted by molar-refractivity contribution is -0.384. The molecule has 0 spiro atoms. The van der Waals surface area contributed by atoms with E-state index in [1.54, 1.807) is 19.2 Å². The summed E-state index contributed by atoms with van der Waals surface area (Å²) in [4.78, 5) is 26.1. The second-order valence-corrected chi connectivity index (χ2v) is 8.11. The monoisotopic (exact) mass is 404 g/mol. The third kappa shape index (κ3) is 6.14. The number of hydrogen-bond donors (Lipinski definition) is 2. The number of carbonyl (C=O) groups is 1. The zero-order valence-corrected chi connectivity index (χ0v) is 17.2. The molecular weight excluding hydrogens is 372 g/mol. The standard InChI is InChI=1S/C21H32N4O4/c1-29-13-10-22-19-7-6-17(14-20(19)25(27)28)21(26)23-18-8-11-24(12-9-18)15-16-4-2-3-5-16/h6-7,14,16,18,22H,2-5,8-13,15H2,1H3,(H,23,26). The maximum Gasteiger partial charge on any atom is 0.293 e. The van der Waals surface area contributed by atoms with Gasteiger partial charge in [-0.2, -0.15) is 0 Å². The number of amides is 1. The Morgan fingerprint density at radius 2 is 1.97 bits per heavy atom. The lowest BCUT2D eigenvalue weighted by Crippen LogP contribution is -2.45. The van der Waals surface area contributed by atoms with Crippen LogP contribution in [-0.4, -0.2) is 61.7 Å². The Hall–Kier alpha value is -2.19. The van der Waals surface area contributed by atoms with Crippen molar-refractivity contribution in [2.45, 2.75) is 44.6 Å². The van der Waals surface area contributed by atoms with Crippen LogP contribution in [0.25, 0.3) is 0 Å². The van der Waals surface area contributed by atoms with Gasteiger partial charge in [0.25, 0.3) is 11.6 Å². The molecule has 8 heteroatoms. The molecule has 0 atom stereocenters. The zero-order valence-electron chi connectivity index (χ0n) is 17.2. The highest BCUT2D eigenvalue weighted by molar-refractivity contribution is 5.95. The van der Waals surface area contributed by atoms with E-state index in [1.807, 2.05) is 0 Å². The Bertz CT molecular complexity index is 698. The molecule has 160 valence electrons. The van der Waals surface area contributed by atoms with Crippen molar-refractivity contribution in [3.8, 4) is 0 Å². The lowest BCUT2D eigenvalue weighted by atomic mass is 10.0. The number of benzene rings is 1. The highest BCUT2D eigenvalue weighted by Crippen LogP contribution is 2.27.